The third-order valence-corrected chi connectivity index (χ3v) is 4.38. The zero-order valence-electron chi connectivity index (χ0n) is 19.8. The Morgan fingerprint density at radius 2 is 1.62 bits per heavy atom. The molecule has 0 spiro atoms. The number of ether oxygens (including phenoxy) is 1. The van der Waals surface area contributed by atoms with Crippen molar-refractivity contribution in [3.63, 3.8) is 0 Å². The largest absolute Gasteiger partial charge is 0.478 e. The number of rotatable bonds is 11. The van der Waals surface area contributed by atoms with Crippen LogP contribution in [0.1, 0.15) is 65.4 Å². The van der Waals surface area contributed by atoms with Gasteiger partial charge in [0.05, 0.1) is 0 Å². The van der Waals surface area contributed by atoms with Crippen LogP contribution in [0, 0.1) is 5.92 Å². The van der Waals surface area contributed by atoms with Gasteiger partial charge in [0.15, 0.2) is 0 Å². The van der Waals surface area contributed by atoms with Crippen LogP contribution >= 0.6 is 0 Å². The molecule has 0 saturated carbocycles. The molecule has 0 aliphatic rings. The Hall–Kier alpha value is -3.15. The van der Waals surface area contributed by atoms with Crippen molar-refractivity contribution in [1.82, 2.24) is 0 Å². The van der Waals surface area contributed by atoms with Crippen molar-refractivity contribution in [3.8, 4) is 0 Å². The Morgan fingerprint density at radius 1 is 1.09 bits per heavy atom. The number of esters is 1. The summed E-state index contributed by atoms with van der Waals surface area (Å²) in [6.07, 6.45) is 8.76. The van der Waals surface area contributed by atoms with Crippen LogP contribution in [0.3, 0.4) is 0 Å². The maximum Gasteiger partial charge on any atom is 0.333 e. The van der Waals surface area contributed by atoms with Crippen molar-refractivity contribution >= 4 is 17.9 Å². The third kappa shape index (κ3) is 18.9. The summed E-state index contributed by atoms with van der Waals surface area (Å²) in [6, 6.07) is 9.78. The van der Waals surface area contributed by atoms with E-state index in [1.165, 1.54) is 32.6 Å². The molecular weight excluding hydrogens is 408 g/mol. The molecule has 0 aromatic heterocycles. The van der Waals surface area contributed by atoms with Crippen LogP contribution in [-0.2, 0) is 25.7 Å². The first-order valence-corrected chi connectivity index (χ1v) is 10.7. The van der Waals surface area contributed by atoms with Crippen LogP contribution in [0.15, 0.2) is 66.8 Å². The molecule has 32 heavy (non-hydrogen) atoms. The van der Waals surface area contributed by atoms with Crippen LogP contribution < -0.4 is 0 Å². The highest BCUT2D eigenvalue weighted by Gasteiger charge is 2.08. The van der Waals surface area contributed by atoms with E-state index in [9.17, 15) is 14.4 Å². The number of carboxylic acid groups (broad SMARTS) is 2. The van der Waals surface area contributed by atoms with Gasteiger partial charge >= 0.3 is 17.9 Å². The monoisotopic (exact) mass is 446 g/mol. The van der Waals surface area contributed by atoms with Crippen molar-refractivity contribution < 1.29 is 29.3 Å². The zero-order valence-corrected chi connectivity index (χ0v) is 19.8. The molecule has 0 saturated heterocycles. The van der Waals surface area contributed by atoms with Gasteiger partial charge in [-0.05, 0) is 31.7 Å². The maximum atomic E-state index is 11.9. The molecule has 1 atom stereocenters. The predicted octanol–water partition coefficient (Wildman–Crippen LogP) is 6.19. The number of aliphatic carboxylic acids is 2. The Bertz CT molecular complexity index is 722. The highest BCUT2D eigenvalue weighted by molar-refractivity contribution is 5.87. The van der Waals surface area contributed by atoms with E-state index >= 15 is 0 Å². The number of benzene rings is 1. The van der Waals surface area contributed by atoms with Crippen LogP contribution in [-0.4, -0.2) is 28.1 Å². The molecule has 0 amide bonds. The summed E-state index contributed by atoms with van der Waals surface area (Å²) in [5.74, 6) is -1.44. The first-order chi connectivity index (χ1) is 15.1. The lowest BCUT2D eigenvalue weighted by Crippen LogP contribution is -2.07. The minimum absolute atomic E-state index is 0.176. The van der Waals surface area contributed by atoms with Gasteiger partial charge in [-0.2, -0.15) is 0 Å². The fourth-order valence-electron chi connectivity index (χ4n) is 2.25. The van der Waals surface area contributed by atoms with E-state index in [1.54, 1.807) is 0 Å². The number of carboxylic acids is 2. The molecule has 6 heteroatoms. The number of unbranched alkanes of at least 4 members (excludes halogenated alkanes) is 1. The van der Waals surface area contributed by atoms with Gasteiger partial charge in [0.25, 0.3) is 0 Å². The summed E-state index contributed by atoms with van der Waals surface area (Å²) in [6.45, 7) is 14.2. The molecule has 0 bridgehead atoms. The lowest BCUT2D eigenvalue weighted by molar-refractivity contribution is -0.140. The summed E-state index contributed by atoms with van der Waals surface area (Å²) in [4.78, 5) is 30.8. The fraction of sp³-hybridized carbons (Fsp3) is 0.423. The highest BCUT2D eigenvalue weighted by atomic mass is 16.5. The van der Waals surface area contributed by atoms with Crippen LogP contribution in [0.25, 0.3) is 0 Å². The summed E-state index contributed by atoms with van der Waals surface area (Å²) in [5.41, 5.74) is 1.92. The fourth-order valence-corrected chi connectivity index (χ4v) is 2.25. The minimum Gasteiger partial charge on any atom is -0.478 e. The molecule has 0 radical (unpaired) electrons. The number of carbonyl (C=O) groups excluding carboxylic acids is 1. The van der Waals surface area contributed by atoms with E-state index in [0.29, 0.717) is 12.5 Å². The van der Waals surface area contributed by atoms with Gasteiger partial charge in [-0.15, -0.1) is 0 Å². The number of carbonyl (C=O) groups is 3. The molecule has 2 N–H and O–H groups in total. The second kappa shape index (κ2) is 19.8. The van der Waals surface area contributed by atoms with E-state index in [4.69, 9.17) is 14.9 Å². The average molecular weight is 447 g/mol. The van der Waals surface area contributed by atoms with E-state index < -0.39 is 11.9 Å². The predicted molar refractivity (Wildman–Crippen MR) is 128 cm³/mol. The first kappa shape index (κ1) is 31.0. The molecule has 1 unspecified atom stereocenters. The van der Waals surface area contributed by atoms with Crippen LogP contribution in [0.2, 0.25) is 0 Å². The van der Waals surface area contributed by atoms with Crippen molar-refractivity contribution in [2.24, 2.45) is 5.92 Å². The number of hydrogen-bond acceptors (Lipinski definition) is 4. The second-order valence-corrected chi connectivity index (χ2v) is 7.23. The second-order valence-electron chi connectivity index (χ2n) is 7.23. The molecule has 0 fully saturated rings. The molecule has 0 aliphatic carbocycles. The lowest BCUT2D eigenvalue weighted by Gasteiger charge is -2.12. The quantitative estimate of drug-likeness (QED) is 0.311. The van der Waals surface area contributed by atoms with Gasteiger partial charge in [-0.25, -0.2) is 14.4 Å². The van der Waals surface area contributed by atoms with Gasteiger partial charge in [-0.1, -0.05) is 89.1 Å². The molecule has 178 valence electrons. The SMILES string of the molecule is C=C(C)C(=O)O.C=CC(=O)O.CCCCC(CC)CC=C(C)C(=O)OCc1ccccc1. The minimum atomic E-state index is -0.981. The third-order valence-electron chi connectivity index (χ3n) is 4.38. The van der Waals surface area contributed by atoms with Gasteiger partial charge in [-0.3, -0.25) is 0 Å². The number of hydrogen-bond donors (Lipinski definition) is 2. The standard InChI is InChI=1S/C19H28O2.C4H6O2.C3H4O2/c1-4-6-10-17(5-2)14-13-16(3)19(20)21-15-18-11-8-7-9-12-18;1-3(2)4(5)6;1-2-3(4)5/h7-9,11-13,17H,4-6,10,14-15H2,1-3H3;1H2,2H3,(H,5,6);2H,1H2,(H,4,5). The molecule has 0 aliphatic heterocycles. The lowest BCUT2D eigenvalue weighted by atomic mass is 9.95. The Balaban J connectivity index is 0. The summed E-state index contributed by atoms with van der Waals surface area (Å²) >= 11 is 0. The Kier molecular flexibility index (Phi) is 19.2. The molecule has 1 aromatic carbocycles. The summed E-state index contributed by atoms with van der Waals surface area (Å²) in [7, 11) is 0. The Morgan fingerprint density at radius 3 is 2.03 bits per heavy atom. The van der Waals surface area contributed by atoms with Gasteiger partial charge < -0.3 is 14.9 Å². The van der Waals surface area contributed by atoms with E-state index in [0.717, 1.165) is 23.6 Å². The highest BCUT2D eigenvalue weighted by Crippen LogP contribution is 2.18. The van der Waals surface area contributed by atoms with E-state index in [1.807, 2.05) is 43.3 Å². The average Bonchev–Trinajstić information content (AvgIpc) is 2.78. The summed E-state index contributed by atoms with van der Waals surface area (Å²) in [5, 5.41) is 15.5. The normalized spacial score (nSPS) is 10.9. The maximum absolute atomic E-state index is 11.9. The smallest absolute Gasteiger partial charge is 0.333 e. The molecule has 1 aromatic rings. The Labute approximate surface area is 192 Å². The molecule has 1 rings (SSSR count). The van der Waals surface area contributed by atoms with Crippen molar-refractivity contribution in [3.05, 3.63) is 72.4 Å². The molecular formula is C26H38O6. The topological polar surface area (TPSA) is 101 Å². The van der Waals surface area contributed by atoms with Crippen LogP contribution in [0.5, 0.6) is 0 Å². The first-order valence-electron chi connectivity index (χ1n) is 10.7. The van der Waals surface area contributed by atoms with Crippen LogP contribution in [0.4, 0.5) is 0 Å². The van der Waals surface area contributed by atoms with Crippen molar-refractivity contribution in [2.75, 3.05) is 0 Å². The van der Waals surface area contributed by atoms with Crippen molar-refractivity contribution in [1.29, 1.82) is 0 Å². The zero-order chi connectivity index (χ0) is 24.9. The van der Waals surface area contributed by atoms with Crippen molar-refractivity contribution in [2.45, 2.75) is 66.4 Å². The molecule has 0 heterocycles. The molecule has 6 nitrogen and oxygen atoms in total. The van der Waals surface area contributed by atoms with Gasteiger partial charge in [0.1, 0.15) is 6.61 Å². The van der Waals surface area contributed by atoms with E-state index in [2.05, 4.69) is 27.0 Å². The van der Waals surface area contributed by atoms with Gasteiger partial charge in [0, 0.05) is 17.2 Å². The summed E-state index contributed by atoms with van der Waals surface area (Å²) < 4.78 is 5.33. The van der Waals surface area contributed by atoms with Gasteiger partial charge in [0.2, 0.25) is 0 Å². The number of allylic oxidation sites excluding steroid dienone is 1. The van der Waals surface area contributed by atoms with E-state index in [-0.39, 0.29) is 11.5 Å².